The first-order chi connectivity index (χ1) is 12.8. The van der Waals surface area contributed by atoms with Gasteiger partial charge in [-0.2, -0.15) is 0 Å². The predicted octanol–water partition coefficient (Wildman–Crippen LogP) is 4.53. The smallest absolute Gasteiger partial charge is 0.261 e. The van der Waals surface area contributed by atoms with E-state index in [0.717, 1.165) is 0 Å². The summed E-state index contributed by atoms with van der Waals surface area (Å²) in [7, 11) is -3.80. The summed E-state index contributed by atoms with van der Waals surface area (Å²) in [4.78, 5) is 12.5. The van der Waals surface area contributed by atoms with E-state index in [9.17, 15) is 17.6 Å². The largest absolute Gasteiger partial charge is 0.322 e. The van der Waals surface area contributed by atoms with Crippen LogP contribution in [0.1, 0.15) is 10.4 Å². The molecule has 3 aromatic rings. The van der Waals surface area contributed by atoms with E-state index in [-0.39, 0.29) is 21.2 Å². The molecule has 0 saturated carbocycles. The fourth-order valence-corrected chi connectivity index (χ4v) is 3.58. The van der Waals surface area contributed by atoms with Crippen molar-refractivity contribution in [3.8, 4) is 0 Å². The molecule has 0 aliphatic heterocycles. The van der Waals surface area contributed by atoms with Gasteiger partial charge in [0.05, 0.1) is 15.5 Å². The standard InChI is InChI=1S/C19H14ClFN2O3S/c20-18-11-10-15(23-27(25,26)16-4-2-1-3-5-16)12-17(18)19(24)22-14-8-6-13(21)7-9-14/h1-12,23H,(H,22,24). The summed E-state index contributed by atoms with van der Waals surface area (Å²) in [6.45, 7) is 0. The Morgan fingerprint density at radius 3 is 2.19 bits per heavy atom. The molecule has 0 saturated heterocycles. The molecule has 138 valence electrons. The predicted molar refractivity (Wildman–Crippen MR) is 103 cm³/mol. The van der Waals surface area contributed by atoms with Crippen molar-refractivity contribution in [3.63, 3.8) is 0 Å². The minimum atomic E-state index is -3.80. The van der Waals surface area contributed by atoms with Crippen LogP contribution in [-0.4, -0.2) is 14.3 Å². The Morgan fingerprint density at radius 2 is 1.52 bits per heavy atom. The maximum atomic E-state index is 13.0. The van der Waals surface area contributed by atoms with Gasteiger partial charge in [-0.3, -0.25) is 9.52 Å². The second-order valence-electron chi connectivity index (χ2n) is 5.57. The molecule has 3 rings (SSSR count). The number of benzene rings is 3. The lowest BCUT2D eigenvalue weighted by atomic mass is 10.2. The number of nitrogens with one attached hydrogen (secondary N) is 2. The number of hydrogen-bond donors (Lipinski definition) is 2. The van der Waals surface area contributed by atoms with Gasteiger partial charge >= 0.3 is 0 Å². The van der Waals surface area contributed by atoms with Gasteiger partial charge in [-0.05, 0) is 54.6 Å². The van der Waals surface area contributed by atoms with Crippen LogP contribution in [0.3, 0.4) is 0 Å². The molecule has 0 spiro atoms. The molecule has 8 heteroatoms. The van der Waals surface area contributed by atoms with Crippen LogP contribution in [0.2, 0.25) is 5.02 Å². The summed E-state index contributed by atoms with van der Waals surface area (Å²) in [5.74, 6) is -0.976. The first-order valence-electron chi connectivity index (χ1n) is 7.79. The van der Waals surface area contributed by atoms with Crippen molar-refractivity contribution in [2.75, 3.05) is 10.0 Å². The summed E-state index contributed by atoms with van der Waals surface area (Å²) in [6.07, 6.45) is 0. The van der Waals surface area contributed by atoms with Crippen molar-refractivity contribution in [2.24, 2.45) is 0 Å². The normalized spacial score (nSPS) is 11.0. The van der Waals surface area contributed by atoms with Gasteiger partial charge < -0.3 is 5.32 Å². The Balaban J connectivity index is 1.84. The molecule has 0 unspecified atom stereocenters. The summed E-state index contributed by atoms with van der Waals surface area (Å²) < 4.78 is 40.2. The molecular formula is C19H14ClFN2O3S. The fraction of sp³-hybridized carbons (Fsp3) is 0. The summed E-state index contributed by atoms with van der Waals surface area (Å²) >= 11 is 6.07. The number of sulfonamides is 1. The molecule has 5 nitrogen and oxygen atoms in total. The third-order valence-electron chi connectivity index (χ3n) is 3.62. The van der Waals surface area contributed by atoms with E-state index in [4.69, 9.17) is 11.6 Å². The lowest BCUT2D eigenvalue weighted by Gasteiger charge is -2.11. The summed E-state index contributed by atoms with van der Waals surface area (Å²) in [5, 5.41) is 2.73. The first kappa shape index (κ1) is 18.9. The van der Waals surface area contributed by atoms with Gasteiger partial charge in [0.2, 0.25) is 0 Å². The number of anilines is 2. The molecule has 1 amide bonds. The minimum absolute atomic E-state index is 0.0780. The Morgan fingerprint density at radius 1 is 0.889 bits per heavy atom. The van der Waals surface area contributed by atoms with E-state index >= 15 is 0 Å². The van der Waals surface area contributed by atoms with E-state index in [1.54, 1.807) is 18.2 Å². The van der Waals surface area contributed by atoms with Crippen molar-refractivity contribution < 1.29 is 17.6 Å². The van der Waals surface area contributed by atoms with Gasteiger partial charge in [0.15, 0.2) is 0 Å². The number of rotatable bonds is 5. The molecule has 0 atom stereocenters. The van der Waals surface area contributed by atoms with Gasteiger partial charge in [-0.25, -0.2) is 12.8 Å². The van der Waals surface area contributed by atoms with Crippen LogP contribution < -0.4 is 10.0 Å². The van der Waals surface area contributed by atoms with Crippen molar-refractivity contribution in [1.29, 1.82) is 0 Å². The van der Waals surface area contributed by atoms with E-state index in [2.05, 4.69) is 10.0 Å². The molecule has 0 radical (unpaired) electrons. The van der Waals surface area contributed by atoms with Crippen molar-refractivity contribution in [3.05, 3.63) is 89.2 Å². The number of amides is 1. The Labute approximate surface area is 160 Å². The maximum absolute atomic E-state index is 13.0. The lowest BCUT2D eigenvalue weighted by molar-refractivity contribution is 0.102. The van der Waals surface area contributed by atoms with Crippen LogP contribution in [0.15, 0.2) is 77.7 Å². The number of halogens is 2. The first-order valence-corrected chi connectivity index (χ1v) is 9.65. The monoisotopic (exact) mass is 404 g/mol. The van der Waals surface area contributed by atoms with Gasteiger partial charge in [0.25, 0.3) is 15.9 Å². The molecule has 0 aliphatic carbocycles. The van der Waals surface area contributed by atoms with Gasteiger partial charge in [0, 0.05) is 11.4 Å². The molecule has 0 heterocycles. The topological polar surface area (TPSA) is 75.3 Å². The molecule has 0 aromatic heterocycles. The highest BCUT2D eigenvalue weighted by molar-refractivity contribution is 7.92. The molecule has 3 aromatic carbocycles. The molecule has 0 fully saturated rings. The fourth-order valence-electron chi connectivity index (χ4n) is 2.31. The van der Waals surface area contributed by atoms with Crippen molar-refractivity contribution in [2.45, 2.75) is 4.90 Å². The quantitative estimate of drug-likeness (QED) is 0.655. The average molecular weight is 405 g/mol. The molecule has 27 heavy (non-hydrogen) atoms. The lowest BCUT2D eigenvalue weighted by Crippen LogP contribution is -2.15. The van der Waals surface area contributed by atoms with Crippen LogP contribution in [0.4, 0.5) is 15.8 Å². The van der Waals surface area contributed by atoms with Crippen LogP contribution in [0.25, 0.3) is 0 Å². The van der Waals surface area contributed by atoms with E-state index < -0.39 is 21.7 Å². The van der Waals surface area contributed by atoms with Crippen LogP contribution >= 0.6 is 11.6 Å². The van der Waals surface area contributed by atoms with Gasteiger partial charge in [-0.15, -0.1) is 0 Å². The molecular weight excluding hydrogens is 391 g/mol. The zero-order valence-corrected chi connectivity index (χ0v) is 15.4. The van der Waals surface area contributed by atoms with Crippen molar-refractivity contribution >= 4 is 38.9 Å². The Hall–Kier alpha value is -2.90. The highest BCUT2D eigenvalue weighted by Gasteiger charge is 2.16. The van der Waals surface area contributed by atoms with Gasteiger partial charge in [-0.1, -0.05) is 29.8 Å². The van der Waals surface area contributed by atoms with Crippen LogP contribution in [0, 0.1) is 5.82 Å². The van der Waals surface area contributed by atoms with E-state index in [1.165, 1.54) is 54.6 Å². The molecule has 2 N–H and O–H groups in total. The summed E-state index contributed by atoms with van der Waals surface area (Å²) in [5.41, 5.74) is 0.648. The minimum Gasteiger partial charge on any atom is -0.322 e. The zero-order valence-electron chi connectivity index (χ0n) is 13.8. The van der Waals surface area contributed by atoms with Crippen molar-refractivity contribution in [1.82, 2.24) is 0 Å². The van der Waals surface area contributed by atoms with Gasteiger partial charge in [0.1, 0.15) is 5.82 Å². The third-order valence-corrected chi connectivity index (χ3v) is 5.35. The second-order valence-corrected chi connectivity index (χ2v) is 7.66. The average Bonchev–Trinajstić information content (AvgIpc) is 2.65. The Bertz CT molecular complexity index is 1070. The second kappa shape index (κ2) is 7.77. The van der Waals surface area contributed by atoms with Crippen LogP contribution in [-0.2, 0) is 10.0 Å². The van der Waals surface area contributed by atoms with Crippen LogP contribution in [0.5, 0.6) is 0 Å². The Kier molecular flexibility index (Phi) is 5.43. The SMILES string of the molecule is O=C(Nc1ccc(F)cc1)c1cc(NS(=O)(=O)c2ccccc2)ccc1Cl. The third kappa shape index (κ3) is 4.64. The molecule has 0 bridgehead atoms. The highest BCUT2D eigenvalue weighted by Crippen LogP contribution is 2.24. The number of carbonyl (C=O) groups is 1. The zero-order chi connectivity index (χ0) is 19.4. The number of hydrogen-bond acceptors (Lipinski definition) is 3. The maximum Gasteiger partial charge on any atom is 0.261 e. The van der Waals surface area contributed by atoms with E-state index in [0.29, 0.717) is 5.69 Å². The molecule has 0 aliphatic rings. The van der Waals surface area contributed by atoms with E-state index in [1.807, 2.05) is 0 Å². The highest BCUT2D eigenvalue weighted by atomic mass is 35.5. The summed E-state index contributed by atoms with van der Waals surface area (Å²) in [6, 6.07) is 17.3. The number of carbonyl (C=O) groups excluding carboxylic acids is 1.